The molecule has 0 spiro atoms. The van der Waals surface area contributed by atoms with Crippen molar-refractivity contribution in [2.75, 3.05) is 5.32 Å². The third kappa shape index (κ3) is 3.63. The number of ether oxygens (including phenoxy) is 1. The van der Waals surface area contributed by atoms with Crippen LogP contribution in [0.3, 0.4) is 0 Å². The molecule has 0 saturated carbocycles. The molecule has 0 bridgehead atoms. The Morgan fingerprint density at radius 1 is 1.50 bits per heavy atom. The summed E-state index contributed by atoms with van der Waals surface area (Å²) in [7, 11) is 0. The molecular formula is C12H14ClNO4. The van der Waals surface area contributed by atoms with Crippen LogP contribution in [-0.4, -0.2) is 22.8 Å². The van der Waals surface area contributed by atoms with Crippen LogP contribution in [0.15, 0.2) is 24.3 Å². The molecule has 2 N–H and O–H groups in total. The number of benzene rings is 1. The van der Waals surface area contributed by atoms with Crippen LogP contribution in [-0.2, 0) is 9.53 Å². The molecule has 1 unspecified atom stereocenters. The van der Waals surface area contributed by atoms with E-state index >= 15 is 0 Å². The summed E-state index contributed by atoms with van der Waals surface area (Å²) in [5, 5.41) is 11.8. The van der Waals surface area contributed by atoms with Crippen molar-refractivity contribution in [2.45, 2.75) is 25.9 Å². The standard InChI is InChI=1S/C12H14ClNO4/c1-3-12(2,10(15)16)18-11(17)14-9-6-4-5-8(13)7-9/h4-7H,3H2,1-2H3,(H,14,17)(H,15,16). The average molecular weight is 272 g/mol. The van der Waals surface area contributed by atoms with Crippen molar-refractivity contribution in [3.8, 4) is 0 Å². The van der Waals surface area contributed by atoms with Gasteiger partial charge >= 0.3 is 12.1 Å². The molecule has 1 aromatic carbocycles. The largest absolute Gasteiger partial charge is 0.478 e. The maximum absolute atomic E-state index is 11.6. The van der Waals surface area contributed by atoms with Gasteiger partial charge in [-0.2, -0.15) is 0 Å². The van der Waals surface area contributed by atoms with Crippen LogP contribution in [0.25, 0.3) is 0 Å². The van der Waals surface area contributed by atoms with Gasteiger partial charge in [0.25, 0.3) is 0 Å². The van der Waals surface area contributed by atoms with Gasteiger partial charge in [0.05, 0.1) is 0 Å². The second kappa shape index (κ2) is 5.73. The number of carboxylic acids is 1. The molecule has 1 atom stereocenters. The van der Waals surface area contributed by atoms with Crippen molar-refractivity contribution in [3.63, 3.8) is 0 Å². The van der Waals surface area contributed by atoms with Crippen LogP contribution in [0.5, 0.6) is 0 Å². The number of carbonyl (C=O) groups excluding carboxylic acids is 1. The summed E-state index contributed by atoms with van der Waals surface area (Å²) in [6.07, 6.45) is -0.658. The maximum atomic E-state index is 11.6. The van der Waals surface area contributed by atoms with Crippen molar-refractivity contribution in [2.24, 2.45) is 0 Å². The third-order valence-electron chi connectivity index (χ3n) is 2.52. The number of hydrogen-bond acceptors (Lipinski definition) is 3. The van der Waals surface area contributed by atoms with E-state index in [2.05, 4.69) is 5.32 Å². The number of rotatable bonds is 4. The molecule has 0 heterocycles. The van der Waals surface area contributed by atoms with E-state index in [0.29, 0.717) is 10.7 Å². The topological polar surface area (TPSA) is 75.6 Å². The monoisotopic (exact) mass is 271 g/mol. The molecule has 6 heteroatoms. The number of amides is 1. The highest BCUT2D eigenvalue weighted by Gasteiger charge is 2.35. The summed E-state index contributed by atoms with van der Waals surface area (Å²) < 4.78 is 4.90. The lowest BCUT2D eigenvalue weighted by molar-refractivity contribution is -0.156. The molecule has 5 nitrogen and oxygen atoms in total. The fourth-order valence-electron chi connectivity index (χ4n) is 1.18. The van der Waals surface area contributed by atoms with Gasteiger partial charge in [0.2, 0.25) is 5.60 Å². The molecule has 1 aromatic rings. The van der Waals surface area contributed by atoms with Crippen molar-refractivity contribution in [1.82, 2.24) is 0 Å². The summed E-state index contributed by atoms with van der Waals surface area (Å²) in [5.74, 6) is -1.19. The first kappa shape index (κ1) is 14.3. The Bertz CT molecular complexity index is 463. The van der Waals surface area contributed by atoms with Crippen LogP contribution in [0.1, 0.15) is 20.3 Å². The minimum Gasteiger partial charge on any atom is -0.478 e. The predicted molar refractivity (Wildman–Crippen MR) is 67.9 cm³/mol. The Balaban J connectivity index is 2.70. The zero-order valence-corrected chi connectivity index (χ0v) is 10.8. The van der Waals surface area contributed by atoms with E-state index in [1.165, 1.54) is 13.0 Å². The van der Waals surface area contributed by atoms with Gasteiger partial charge in [-0.25, -0.2) is 9.59 Å². The minimum atomic E-state index is -1.54. The number of nitrogens with one attached hydrogen (secondary N) is 1. The number of aliphatic carboxylic acids is 1. The lowest BCUT2D eigenvalue weighted by Crippen LogP contribution is -2.40. The van der Waals surface area contributed by atoms with Gasteiger partial charge in [0.15, 0.2) is 0 Å². The molecule has 0 radical (unpaired) electrons. The van der Waals surface area contributed by atoms with Crippen molar-refractivity contribution >= 4 is 29.4 Å². The molecule has 0 aromatic heterocycles. The summed E-state index contributed by atoms with van der Waals surface area (Å²) >= 11 is 5.75. The smallest absolute Gasteiger partial charge is 0.412 e. The lowest BCUT2D eigenvalue weighted by Gasteiger charge is -2.23. The quantitative estimate of drug-likeness (QED) is 0.882. The molecule has 1 amide bonds. The van der Waals surface area contributed by atoms with E-state index in [0.717, 1.165) is 0 Å². The van der Waals surface area contributed by atoms with Crippen LogP contribution < -0.4 is 5.32 Å². The van der Waals surface area contributed by atoms with E-state index in [1.54, 1.807) is 25.1 Å². The van der Waals surface area contributed by atoms with Crippen LogP contribution in [0, 0.1) is 0 Å². The highest BCUT2D eigenvalue weighted by atomic mass is 35.5. The van der Waals surface area contributed by atoms with Gasteiger partial charge in [-0.3, -0.25) is 5.32 Å². The normalized spacial score (nSPS) is 13.5. The minimum absolute atomic E-state index is 0.172. The second-order valence-electron chi connectivity index (χ2n) is 3.91. The SMILES string of the molecule is CCC(C)(OC(=O)Nc1cccc(Cl)c1)C(=O)O. The van der Waals surface area contributed by atoms with Crippen molar-refractivity contribution in [3.05, 3.63) is 29.3 Å². The third-order valence-corrected chi connectivity index (χ3v) is 2.75. The highest BCUT2D eigenvalue weighted by Crippen LogP contribution is 2.19. The first-order chi connectivity index (χ1) is 8.37. The number of halogens is 1. The van der Waals surface area contributed by atoms with E-state index in [-0.39, 0.29) is 6.42 Å². The number of hydrogen-bond donors (Lipinski definition) is 2. The van der Waals surface area contributed by atoms with Crippen LogP contribution >= 0.6 is 11.6 Å². The zero-order valence-electron chi connectivity index (χ0n) is 10.1. The van der Waals surface area contributed by atoms with Gasteiger partial charge in [0.1, 0.15) is 0 Å². The van der Waals surface area contributed by atoms with E-state index in [1.807, 2.05) is 0 Å². The van der Waals surface area contributed by atoms with Gasteiger partial charge in [-0.1, -0.05) is 24.6 Å². The number of carboxylic acid groups (broad SMARTS) is 1. The lowest BCUT2D eigenvalue weighted by atomic mass is 10.0. The van der Waals surface area contributed by atoms with Crippen molar-refractivity contribution in [1.29, 1.82) is 0 Å². The first-order valence-electron chi connectivity index (χ1n) is 5.36. The maximum Gasteiger partial charge on any atom is 0.412 e. The highest BCUT2D eigenvalue weighted by molar-refractivity contribution is 6.30. The Morgan fingerprint density at radius 3 is 2.67 bits per heavy atom. The summed E-state index contributed by atoms with van der Waals surface area (Å²) in [6, 6.07) is 6.48. The average Bonchev–Trinajstić information content (AvgIpc) is 2.28. The Labute approximate surface area is 110 Å². The molecule has 1 rings (SSSR count). The molecule has 98 valence electrons. The first-order valence-corrected chi connectivity index (χ1v) is 5.74. The van der Waals surface area contributed by atoms with E-state index in [9.17, 15) is 9.59 Å². The summed E-state index contributed by atoms with van der Waals surface area (Å²) in [4.78, 5) is 22.5. The number of carbonyl (C=O) groups is 2. The molecule has 0 fully saturated rings. The van der Waals surface area contributed by atoms with Crippen molar-refractivity contribution < 1.29 is 19.4 Å². The van der Waals surface area contributed by atoms with Gasteiger partial charge in [-0.15, -0.1) is 0 Å². The Morgan fingerprint density at radius 2 is 2.17 bits per heavy atom. The second-order valence-corrected chi connectivity index (χ2v) is 4.35. The molecule has 0 aliphatic carbocycles. The molecule has 0 aliphatic rings. The summed E-state index contributed by atoms with van der Waals surface area (Å²) in [5.41, 5.74) is -1.10. The van der Waals surface area contributed by atoms with Crippen LogP contribution in [0.2, 0.25) is 5.02 Å². The predicted octanol–water partition coefficient (Wildman–Crippen LogP) is 3.14. The van der Waals surface area contributed by atoms with Gasteiger partial charge in [0, 0.05) is 10.7 Å². The Hall–Kier alpha value is -1.75. The molecule has 0 saturated heterocycles. The van der Waals surface area contributed by atoms with Crippen LogP contribution in [0.4, 0.5) is 10.5 Å². The van der Waals surface area contributed by atoms with E-state index in [4.69, 9.17) is 21.4 Å². The zero-order chi connectivity index (χ0) is 13.8. The van der Waals surface area contributed by atoms with Gasteiger partial charge < -0.3 is 9.84 Å². The number of anilines is 1. The Kier molecular flexibility index (Phi) is 4.55. The summed E-state index contributed by atoms with van der Waals surface area (Å²) in [6.45, 7) is 2.97. The fraction of sp³-hybridized carbons (Fsp3) is 0.333. The molecule has 0 aliphatic heterocycles. The van der Waals surface area contributed by atoms with Gasteiger partial charge in [-0.05, 0) is 31.5 Å². The molecular weight excluding hydrogens is 258 g/mol. The molecule has 18 heavy (non-hydrogen) atoms. The fourth-order valence-corrected chi connectivity index (χ4v) is 1.37. The van der Waals surface area contributed by atoms with E-state index < -0.39 is 17.7 Å².